The third kappa shape index (κ3) is 7.35. The molecule has 3 rings (SSSR count). The van der Waals surface area contributed by atoms with E-state index in [0.717, 1.165) is 51.4 Å². The second-order valence-electron chi connectivity index (χ2n) is 8.88. The van der Waals surface area contributed by atoms with Gasteiger partial charge in [0.1, 0.15) is 5.75 Å². The van der Waals surface area contributed by atoms with E-state index in [4.69, 9.17) is 16.3 Å². The van der Waals surface area contributed by atoms with E-state index in [-0.39, 0.29) is 31.4 Å². The number of carbonyl (C=O) groups is 2. The third-order valence-electron chi connectivity index (χ3n) is 6.08. The first-order chi connectivity index (χ1) is 15.2. The van der Waals surface area contributed by atoms with Gasteiger partial charge in [-0.2, -0.15) is 0 Å². The first kappa shape index (κ1) is 24.8. The van der Waals surface area contributed by atoms with Crippen molar-refractivity contribution >= 4 is 33.4 Å². The largest absolute Gasteiger partial charge is 0.493 e. The Labute approximate surface area is 195 Å². The number of hydrogen-bond acceptors (Lipinski definition) is 5. The summed E-state index contributed by atoms with van der Waals surface area (Å²) >= 11 is 6.07. The van der Waals surface area contributed by atoms with Crippen LogP contribution in [0, 0.1) is 5.41 Å². The molecule has 178 valence electrons. The third-order valence-corrected chi connectivity index (χ3v) is 6.98. The summed E-state index contributed by atoms with van der Waals surface area (Å²) < 4.78 is 31.1. The van der Waals surface area contributed by atoms with E-state index in [0.29, 0.717) is 23.9 Å². The Morgan fingerprint density at radius 2 is 1.81 bits per heavy atom. The fraction of sp³-hybridized carbons (Fsp3) is 0.636. The molecule has 0 saturated carbocycles. The number of halogens is 1. The predicted molar refractivity (Wildman–Crippen MR) is 123 cm³/mol. The second-order valence-corrected chi connectivity index (χ2v) is 11.1. The lowest BCUT2D eigenvalue weighted by Crippen LogP contribution is -2.53. The number of benzene rings is 1. The molecule has 1 aromatic carbocycles. The molecule has 1 aromatic rings. The van der Waals surface area contributed by atoms with Gasteiger partial charge in [0.15, 0.2) is 0 Å². The zero-order chi connectivity index (χ0) is 23.2. The molecule has 2 aliphatic heterocycles. The van der Waals surface area contributed by atoms with Crippen LogP contribution in [0.4, 0.5) is 0 Å². The Morgan fingerprint density at radius 3 is 2.50 bits per heavy atom. The van der Waals surface area contributed by atoms with Gasteiger partial charge < -0.3 is 14.5 Å². The van der Waals surface area contributed by atoms with Crippen LogP contribution in [0.2, 0.25) is 5.02 Å². The van der Waals surface area contributed by atoms with Crippen molar-refractivity contribution in [2.45, 2.75) is 38.5 Å². The monoisotopic (exact) mass is 485 g/mol. The molecule has 2 saturated heterocycles. The van der Waals surface area contributed by atoms with Gasteiger partial charge in [0.25, 0.3) is 0 Å². The Morgan fingerprint density at radius 1 is 1.09 bits per heavy atom. The average Bonchev–Trinajstić information content (AvgIpc) is 2.76. The van der Waals surface area contributed by atoms with E-state index < -0.39 is 15.4 Å². The van der Waals surface area contributed by atoms with Crippen LogP contribution in [0.5, 0.6) is 5.75 Å². The summed E-state index contributed by atoms with van der Waals surface area (Å²) in [5.74, 6) is 0.403. The van der Waals surface area contributed by atoms with E-state index in [1.54, 1.807) is 23.1 Å². The number of nitrogens with one attached hydrogen (secondary N) is 1. The van der Waals surface area contributed by atoms with Crippen LogP contribution in [-0.4, -0.2) is 75.6 Å². The molecule has 0 aromatic heterocycles. The highest BCUT2D eigenvalue weighted by Crippen LogP contribution is 2.36. The maximum atomic E-state index is 13.1. The Balaban J connectivity index is 1.73. The van der Waals surface area contributed by atoms with Gasteiger partial charge in [0.05, 0.1) is 19.4 Å². The zero-order valence-electron chi connectivity index (χ0n) is 18.5. The molecule has 0 aliphatic carbocycles. The fourth-order valence-corrected chi connectivity index (χ4v) is 4.97. The van der Waals surface area contributed by atoms with Crippen LogP contribution >= 0.6 is 11.6 Å². The fourth-order valence-electron chi connectivity index (χ4n) is 4.41. The molecule has 32 heavy (non-hydrogen) atoms. The van der Waals surface area contributed by atoms with Gasteiger partial charge >= 0.3 is 0 Å². The zero-order valence-corrected chi connectivity index (χ0v) is 20.1. The van der Waals surface area contributed by atoms with Crippen molar-refractivity contribution in [3.05, 3.63) is 29.3 Å². The highest BCUT2D eigenvalue weighted by molar-refractivity contribution is 7.88. The standard InChI is InChI=1S/C22H32ClN3O5S/c1-32(29,30)24-15-21(28)26-12-6-9-22(16-26,14-20(27)25-10-3-2-4-11-25)17-31-19-8-5-7-18(23)13-19/h5,7-8,13,24H,2-4,6,9-12,14-17H2,1H3/t22-/m0/s1. The van der Waals surface area contributed by atoms with Gasteiger partial charge in [0, 0.05) is 43.0 Å². The number of piperidine rings is 2. The lowest BCUT2D eigenvalue weighted by molar-refractivity contribution is -0.141. The smallest absolute Gasteiger partial charge is 0.237 e. The highest BCUT2D eigenvalue weighted by Gasteiger charge is 2.41. The van der Waals surface area contributed by atoms with Crippen LogP contribution < -0.4 is 9.46 Å². The average molecular weight is 486 g/mol. The van der Waals surface area contributed by atoms with E-state index in [1.807, 2.05) is 11.0 Å². The number of sulfonamides is 1. The number of carbonyl (C=O) groups excluding carboxylic acids is 2. The molecule has 0 unspecified atom stereocenters. The number of likely N-dealkylation sites (tertiary alicyclic amines) is 2. The van der Waals surface area contributed by atoms with Gasteiger partial charge in [-0.3, -0.25) is 9.59 Å². The van der Waals surface area contributed by atoms with Gasteiger partial charge in [-0.15, -0.1) is 0 Å². The summed E-state index contributed by atoms with van der Waals surface area (Å²) in [5, 5.41) is 0.563. The lowest BCUT2D eigenvalue weighted by atomic mass is 9.77. The van der Waals surface area contributed by atoms with E-state index in [2.05, 4.69) is 4.72 Å². The molecule has 0 bridgehead atoms. The first-order valence-electron chi connectivity index (χ1n) is 11.0. The van der Waals surface area contributed by atoms with Crippen molar-refractivity contribution in [3.8, 4) is 5.75 Å². The molecular formula is C22H32ClN3O5S. The van der Waals surface area contributed by atoms with Crippen LogP contribution in [0.3, 0.4) is 0 Å². The molecular weight excluding hydrogens is 454 g/mol. The van der Waals surface area contributed by atoms with Crippen LogP contribution in [0.1, 0.15) is 38.5 Å². The summed E-state index contributed by atoms with van der Waals surface area (Å²) in [6, 6.07) is 7.11. The molecule has 1 atom stereocenters. The van der Waals surface area contributed by atoms with Gasteiger partial charge in [-0.25, -0.2) is 13.1 Å². The summed E-state index contributed by atoms with van der Waals surface area (Å²) in [4.78, 5) is 29.4. The number of ether oxygens (including phenoxy) is 1. The maximum absolute atomic E-state index is 13.1. The van der Waals surface area contributed by atoms with Crippen LogP contribution in [0.25, 0.3) is 0 Å². The molecule has 0 radical (unpaired) electrons. The molecule has 2 fully saturated rings. The Bertz CT molecular complexity index is 920. The Kier molecular flexibility index (Phi) is 8.41. The normalized spacial score (nSPS) is 21.9. The molecule has 10 heteroatoms. The quantitative estimate of drug-likeness (QED) is 0.609. The first-order valence-corrected chi connectivity index (χ1v) is 13.3. The summed E-state index contributed by atoms with van der Waals surface area (Å²) in [6.45, 7) is 2.40. The van der Waals surface area contributed by atoms with Crippen molar-refractivity contribution in [2.75, 3.05) is 45.6 Å². The molecule has 8 nitrogen and oxygen atoms in total. The maximum Gasteiger partial charge on any atom is 0.237 e. The minimum absolute atomic E-state index is 0.0861. The second kappa shape index (κ2) is 10.9. The van der Waals surface area contributed by atoms with E-state index >= 15 is 0 Å². The van der Waals surface area contributed by atoms with Crippen molar-refractivity contribution in [2.24, 2.45) is 5.41 Å². The molecule has 2 aliphatic rings. The SMILES string of the molecule is CS(=O)(=O)NCC(=O)N1CCC[C@](COc2cccc(Cl)c2)(CC(=O)N2CCCCC2)C1. The topological polar surface area (TPSA) is 96.0 Å². The molecule has 1 N–H and O–H groups in total. The van der Waals surface area contributed by atoms with E-state index in [1.165, 1.54) is 0 Å². The summed E-state index contributed by atoms with van der Waals surface area (Å²) in [7, 11) is -3.47. The molecule has 2 amide bonds. The van der Waals surface area contributed by atoms with Crippen molar-refractivity contribution < 1.29 is 22.7 Å². The van der Waals surface area contributed by atoms with Gasteiger partial charge in [-0.05, 0) is 50.3 Å². The molecule has 0 spiro atoms. The minimum Gasteiger partial charge on any atom is -0.493 e. The van der Waals surface area contributed by atoms with Gasteiger partial charge in [0.2, 0.25) is 21.8 Å². The van der Waals surface area contributed by atoms with Gasteiger partial charge in [-0.1, -0.05) is 17.7 Å². The summed E-state index contributed by atoms with van der Waals surface area (Å²) in [6.07, 6.45) is 5.95. The summed E-state index contributed by atoms with van der Waals surface area (Å²) in [5.41, 5.74) is -0.546. The highest BCUT2D eigenvalue weighted by atomic mass is 35.5. The number of amides is 2. The number of hydrogen-bond donors (Lipinski definition) is 1. The van der Waals surface area contributed by atoms with Crippen molar-refractivity contribution in [1.82, 2.24) is 14.5 Å². The van der Waals surface area contributed by atoms with Crippen molar-refractivity contribution in [3.63, 3.8) is 0 Å². The van der Waals surface area contributed by atoms with Crippen molar-refractivity contribution in [1.29, 1.82) is 0 Å². The Hall–Kier alpha value is -1.84. The van der Waals surface area contributed by atoms with Crippen LogP contribution in [0.15, 0.2) is 24.3 Å². The number of rotatable bonds is 8. The number of nitrogens with zero attached hydrogens (tertiary/aromatic N) is 2. The minimum atomic E-state index is -3.47. The lowest BCUT2D eigenvalue weighted by Gasteiger charge is -2.43. The predicted octanol–water partition coefficient (Wildman–Crippen LogP) is 2.28. The molecule has 2 heterocycles. The van der Waals surface area contributed by atoms with Crippen LogP contribution in [-0.2, 0) is 19.6 Å². The van der Waals surface area contributed by atoms with E-state index in [9.17, 15) is 18.0 Å².